The lowest BCUT2D eigenvalue weighted by atomic mass is 10.1. The van der Waals surface area contributed by atoms with Gasteiger partial charge in [-0.3, -0.25) is 9.36 Å². The number of carbonyl (C=O) groups is 1. The van der Waals surface area contributed by atoms with Crippen LogP contribution in [0.25, 0.3) is 16.0 Å². The number of imidazole rings is 1. The number of hydrogen-bond donors (Lipinski definition) is 3. The molecule has 0 bridgehead atoms. The molecule has 2 aromatic carbocycles. The molecule has 4 aromatic rings. The number of nitrogens with one attached hydrogen (secondary N) is 1. The summed E-state index contributed by atoms with van der Waals surface area (Å²) in [5.74, 6) is -0.119. The van der Waals surface area contributed by atoms with E-state index in [2.05, 4.69) is 16.4 Å². The number of hydrogen-bond acceptors (Lipinski definition) is 6. The van der Waals surface area contributed by atoms with Gasteiger partial charge >= 0.3 is 0 Å². The van der Waals surface area contributed by atoms with Crippen molar-refractivity contribution in [2.24, 2.45) is 11.5 Å². The SMILES string of the molecule is C[C@@H](Oc1cc(-n2cnc3ccc(CNCCN)cc32)sc1C(N)=O)c1ccccc1Cl. The molecule has 0 saturated carbocycles. The van der Waals surface area contributed by atoms with E-state index in [1.807, 2.05) is 54.0 Å². The maximum absolute atomic E-state index is 12.1. The van der Waals surface area contributed by atoms with Crippen LogP contribution in [0.2, 0.25) is 5.02 Å². The van der Waals surface area contributed by atoms with E-state index < -0.39 is 5.91 Å². The molecule has 1 amide bonds. The summed E-state index contributed by atoms with van der Waals surface area (Å²) in [6, 6.07) is 15.4. The van der Waals surface area contributed by atoms with Crippen LogP contribution in [0.4, 0.5) is 0 Å². The minimum absolute atomic E-state index is 0.349. The number of fused-ring (bicyclic) bond motifs is 1. The summed E-state index contributed by atoms with van der Waals surface area (Å²) in [6.45, 7) is 3.92. The van der Waals surface area contributed by atoms with Crippen LogP contribution in [0.15, 0.2) is 54.9 Å². The summed E-state index contributed by atoms with van der Waals surface area (Å²) in [7, 11) is 0. The van der Waals surface area contributed by atoms with Crippen molar-refractivity contribution in [3.05, 3.63) is 75.9 Å². The van der Waals surface area contributed by atoms with Crippen LogP contribution in [0.1, 0.15) is 33.8 Å². The number of nitrogens with zero attached hydrogens (tertiary/aromatic N) is 2. The first-order valence-electron chi connectivity index (χ1n) is 10.2. The molecule has 9 heteroatoms. The Morgan fingerprint density at radius 1 is 1.28 bits per heavy atom. The van der Waals surface area contributed by atoms with Gasteiger partial charge in [-0.25, -0.2) is 4.98 Å². The van der Waals surface area contributed by atoms with Crippen molar-refractivity contribution >= 4 is 39.9 Å². The third kappa shape index (κ3) is 4.63. The highest BCUT2D eigenvalue weighted by Gasteiger charge is 2.21. The zero-order chi connectivity index (χ0) is 22.7. The van der Waals surface area contributed by atoms with Crippen molar-refractivity contribution in [3.8, 4) is 10.8 Å². The first kappa shape index (κ1) is 22.3. The zero-order valence-electron chi connectivity index (χ0n) is 17.5. The normalized spacial score (nSPS) is 12.2. The van der Waals surface area contributed by atoms with E-state index in [1.54, 1.807) is 6.33 Å². The number of primary amides is 1. The van der Waals surface area contributed by atoms with Crippen molar-refractivity contribution in [2.75, 3.05) is 13.1 Å². The Labute approximate surface area is 195 Å². The molecule has 5 N–H and O–H groups in total. The van der Waals surface area contributed by atoms with Crippen molar-refractivity contribution in [3.63, 3.8) is 0 Å². The van der Waals surface area contributed by atoms with E-state index in [4.69, 9.17) is 27.8 Å². The van der Waals surface area contributed by atoms with Gasteiger partial charge in [0.15, 0.2) is 0 Å². The lowest BCUT2D eigenvalue weighted by molar-refractivity contribution is 0.0998. The fraction of sp³-hybridized carbons (Fsp3) is 0.217. The molecule has 0 spiro atoms. The van der Waals surface area contributed by atoms with E-state index in [1.165, 1.54) is 11.3 Å². The van der Waals surface area contributed by atoms with Crippen LogP contribution in [-0.4, -0.2) is 28.5 Å². The van der Waals surface area contributed by atoms with E-state index in [9.17, 15) is 4.79 Å². The largest absolute Gasteiger partial charge is 0.484 e. The quantitative estimate of drug-likeness (QED) is 0.321. The Kier molecular flexibility index (Phi) is 6.76. The van der Waals surface area contributed by atoms with Crippen LogP contribution >= 0.6 is 22.9 Å². The molecular weight excluding hydrogens is 446 g/mol. The molecule has 0 radical (unpaired) electrons. The second-order valence-corrected chi connectivity index (χ2v) is 8.76. The molecule has 0 aliphatic rings. The maximum Gasteiger partial charge on any atom is 0.262 e. The van der Waals surface area contributed by atoms with Gasteiger partial charge in [0.1, 0.15) is 28.1 Å². The average molecular weight is 470 g/mol. The molecule has 0 unspecified atom stereocenters. The average Bonchev–Trinajstić information content (AvgIpc) is 3.38. The number of amides is 1. The monoisotopic (exact) mass is 469 g/mol. The van der Waals surface area contributed by atoms with Crippen LogP contribution < -0.4 is 21.5 Å². The number of ether oxygens (including phenoxy) is 1. The third-order valence-electron chi connectivity index (χ3n) is 5.06. The molecule has 32 heavy (non-hydrogen) atoms. The number of nitrogens with two attached hydrogens (primary N) is 2. The van der Waals surface area contributed by atoms with Crippen LogP contribution in [0.3, 0.4) is 0 Å². The van der Waals surface area contributed by atoms with Crippen LogP contribution in [-0.2, 0) is 6.54 Å². The zero-order valence-corrected chi connectivity index (χ0v) is 19.1. The van der Waals surface area contributed by atoms with Gasteiger partial charge in [-0.05, 0) is 30.7 Å². The Bertz CT molecular complexity index is 1250. The fourth-order valence-corrected chi connectivity index (χ4v) is 4.69. The van der Waals surface area contributed by atoms with Crippen molar-refractivity contribution in [1.29, 1.82) is 0 Å². The Morgan fingerprint density at radius 2 is 2.09 bits per heavy atom. The molecule has 4 rings (SSSR count). The topological polar surface area (TPSA) is 108 Å². The molecule has 2 aromatic heterocycles. The van der Waals surface area contributed by atoms with Crippen molar-refractivity contribution in [1.82, 2.24) is 14.9 Å². The molecule has 166 valence electrons. The molecule has 0 fully saturated rings. The molecule has 7 nitrogen and oxygen atoms in total. The lowest BCUT2D eigenvalue weighted by Gasteiger charge is -2.16. The molecule has 2 heterocycles. The second-order valence-electron chi connectivity index (χ2n) is 7.33. The fourth-order valence-electron chi connectivity index (χ4n) is 3.47. The van der Waals surface area contributed by atoms with Gasteiger partial charge in [0.05, 0.1) is 11.0 Å². The third-order valence-corrected chi connectivity index (χ3v) is 6.53. The van der Waals surface area contributed by atoms with Gasteiger partial charge in [0, 0.05) is 36.3 Å². The van der Waals surface area contributed by atoms with Gasteiger partial charge in [-0.15, -0.1) is 11.3 Å². The number of thiophene rings is 1. The minimum Gasteiger partial charge on any atom is -0.484 e. The Hall–Kier alpha value is -2.91. The highest BCUT2D eigenvalue weighted by atomic mass is 35.5. The van der Waals surface area contributed by atoms with Crippen LogP contribution in [0, 0.1) is 0 Å². The van der Waals surface area contributed by atoms with E-state index in [0.29, 0.717) is 28.7 Å². The van der Waals surface area contributed by atoms with Crippen LogP contribution in [0.5, 0.6) is 5.75 Å². The second kappa shape index (κ2) is 9.70. The highest BCUT2D eigenvalue weighted by Crippen LogP contribution is 2.37. The van der Waals surface area contributed by atoms with E-state index in [-0.39, 0.29) is 6.10 Å². The lowest BCUT2D eigenvalue weighted by Crippen LogP contribution is -2.21. The van der Waals surface area contributed by atoms with Crippen molar-refractivity contribution < 1.29 is 9.53 Å². The molecular formula is C23H24ClN5O2S. The summed E-state index contributed by atoms with van der Waals surface area (Å²) in [4.78, 5) is 17.0. The molecule has 0 saturated heterocycles. The summed E-state index contributed by atoms with van der Waals surface area (Å²) >= 11 is 7.57. The van der Waals surface area contributed by atoms with Gasteiger partial charge in [-0.2, -0.15) is 0 Å². The molecule has 1 atom stereocenters. The van der Waals surface area contributed by atoms with Gasteiger partial charge in [0.25, 0.3) is 5.91 Å². The molecule has 0 aliphatic carbocycles. The maximum atomic E-state index is 12.1. The predicted octanol–water partition coefficient (Wildman–Crippen LogP) is 4.03. The summed E-state index contributed by atoms with van der Waals surface area (Å²) in [6.07, 6.45) is 1.38. The summed E-state index contributed by atoms with van der Waals surface area (Å²) in [5, 5.41) is 4.68. The number of benzene rings is 2. The first-order valence-corrected chi connectivity index (χ1v) is 11.4. The smallest absolute Gasteiger partial charge is 0.262 e. The number of carbonyl (C=O) groups excluding carboxylic acids is 1. The van der Waals surface area contributed by atoms with Gasteiger partial charge in [0.2, 0.25) is 0 Å². The number of rotatable bonds is 9. The summed E-state index contributed by atoms with van der Waals surface area (Å²) < 4.78 is 8.06. The van der Waals surface area contributed by atoms with Gasteiger partial charge in [-0.1, -0.05) is 35.9 Å². The first-order chi connectivity index (χ1) is 15.5. The van der Waals surface area contributed by atoms with Crippen molar-refractivity contribution in [2.45, 2.75) is 19.6 Å². The Balaban J connectivity index is 1.67. The van der Waals surface area contributed by atoms with E-state index >= 15 is 0 Å². The minimum atomic E-state index is -0.543. The Morgan fingerprint density at radius 3 is 2.84 bits per heavy atom. The summed E-state index contributed by atoms with van der Waals surface area (Å²) in [5.41, 5.74) is 14.9. The number of aromatic nitrogens is 2. The highest BCUT2D eigenvalue weighted by molar-refractivity contribution is 7.16. The van der Waals surface area contributed by atoms with Gasteiger partial charge < -0.3 is 21.5 Å². The molecule has 0 aliphatic heterocycles. The number of halogens is 1. The predicted molar refractivity (Wildman–Crippen MR) is 129 cm³/mol. The van der Waals surface area contributed by atoms with E-state index in [0.717, 1.165) is 33.7 Å². The standard InChI is InChI=1S/C23H24ClN5O2S/c1-14(16-4-2-3-5-17(16)24)31-20-11-21(32-22(20)23(26)30)29-13-28-18-7-6-15(10-19(18)29)12-27-9-8-25/h2-7,10-11,13-14,27H,8-9,12,25H2,1H3,(H2,26,30)/t14-/m1/s1.